The van der Waals surface area contributed by atoms with E-state index in [-0.39, 0.29) is 17.4 Å². The molecule has 0 radical (unpaired) electrons. The summed E-state index contributed by atoms with van der Waals surface area (Å²) in [5.41, 5.74) is 5.93. The van der Waals surface area contributed by atoms with Crippen LogP contribution in [-0.2, 0) is 11.8 Å². The van der Waals surface area contributed by atoms with Crippen molar-refractivity contribution in [3.8, 4) is 0 Å². The lowest BCUT2D eigenvalue weighted by Crippen LogP contribution is -2.23. The number of carbonyl (C=O) groups is 1. The van der Waals surface area contributed by atoms with Gasteiger partial charge in [0.25, 0.3) is 0 Å². The van der Waals surface area contributed by atoms with Crippen molar-refractivity contribution in [1.82, 2.24) is 4.57 Å². The number of nitrogens with one attached hydrogen (secondary N) is 1. The number of carbonyl (C=O) groups excluding carboxylic acids is 1. The van der Waals surface area contributed by atoms with Gasteiger partial charge >= 0.3 is 0 Å². The molecular weight excluding hydrogens is 218 g/mol. The first kappa shape index (κ1) is 13.4. The van der Waals surface area contributed by atoms with Crippen molar-refractivity contribution < 1.29 is 4.79 Å². The Hall–Kier alpha value is -1.62. The fourth-order valence-electron chi connectivity index (χ4n) is 1.49. The fourth-order valence-corrected chi connectivity index (χ4v) is 1.49. The van der Waals surface area contributed by atoms with Crippen molar-refractivity contribution in [1.29, 1.82) is 0 Å². The molecule has 0 aliphatic carbocycles. The first-order chi connectivity index (χ1) is 8.04. The van der Waals surface area contributed by atoms with Gasteiger partial charge in [-0.25, -0.2) is 0 Å². The summed E-state index contributed by atoms with van der Waals surface area (Å²) in [5.74, 6) is -0.118. The normalized spacial score (nSPS) is 12.2. The van der Waals surface area contributed by atoms with Gasteiger partial charge in [-0.1, -0.05) is 6.92 Å². The highest BCUT2D eigenvalue weighted by Gasteiger charge is 2.12. The van der Waals surface area contributed by atoms with E-state index in [2.05, 4.69) is 5.32 Å². The topological polar surface area (TPSA) is 77.1 Å². The largest absolute Gasteiger partial charge is 0.330 e. The zero-order valence-corrected chi connectivity index (χ0v) is 10.3. The second-order valence-corrected chi connectivity index (χ2v) is 4.19. The number of aryl methyl sites for hydroxylation is 1. The van der Waals surface area contributed by atoms with Crippen molar-refractivity contribution in [3.63, 3.8) is 0 Å². The molecular formula is C12H19N3O2. The van der Waals surface area contributed by atoms with Crippen LogP contribution in [0.4, 0.5) is 5.69 Å². The Morgan fingerprint density at radius 1 is 1.53 bits per heavy atom. The summed E-state index contributed by atoms with van der Waals surface area (Å²) in [5, 5.41) is 2.78. The number of rotatable bonds is 5. The maximum atomic E-state index is 11.8. The van der Waals surface area contributed by atoms with Gasteiger partial charge in [-0.3, -0.25) is 9.59 Å². The molecule has 1 aromatic rings. The van der Waals surface area contributed by atoms with E-state index in [0.717, 1.165) is 12.8 Å². The standard InChI is InChI=1S/C12H19N3O2/c1-9(4-3-7-13)12(17)14-10-5-6-11(16)15(2)8-10/h5-6,8-9H,3-4,7,13H2,1-2H3,(H,14,17). The van der Waals surface area contributed by atoms with Gasteiger partial charge in [-0.2, -0.15) is 0 Å². The second kappa shape index (κ2) is 6.20. The van der Waals surface area contributed by atoms with Gasteiger partial charge < -0.3 is 15.6 Å². The summed E-state index contributed by atoms with van der Waals surface area (Å²) < 4.78 is 1.43. The number of hydrogen-bond acceptors (Lipinski definition) is 3. The van der Waals surface area contributed by atoms with Crippen LogP contribution in [0, 0.1) is 5.92 Å². The molecule has 3 N–H and O–H groups in total. The Morgan fingerprint density at radius 2 is 2.24 bits per heavy atom. The number of nitrogens with two attached hydrogens (primary N) is 1. The summed E-state index contributed by atoms with van der Waals surface area (Å²) >= 11 is 0. The van der Waals surface area contributed by atoms with Crippen LogP contribution in [0.25, 0.3) is 0 Å². The number of amides is 1. The molecule has 1 aromatic heterocycles. The highest BCUT2D eigenvalue weighted by atomic mass is 16.2. The Labute approximate surface area is 101 Å². The molecule has 1 rings (SSSR count). The summed E-state index contributed by atoms with van der Waals surface area (Å²) in [6.45, 7) is 2.46. The van der Waals surface area contributed by atoms with Gasteiger partial charge in [-0.05, 0) is 25.5 Å². The van der Waals surface area contributed by atoms with E-state index in [0.29, 0.717) is 12.2 Å². The maximum Gasteiger partial charge on any atom is 0.250 e. The number of aromatic nitrogens is 1. The van der Waals surface area contributed by atoms with Crippen LogP contribution in [0.1, 0.15) is 19.8 Å². The quantitative estimate of drug-likeness (QED) is 0.791. The third kappa shape index (κ3) is 4.03. The summed E-state index contributed by atoms with van der Waals surface area (Å²) in [6, 6.07) is 3.04. The number of anilines is 1. The SMILES string of the molecule is CC(CCCN)C(=O)Nc1ccc(=O)n(C)c1. The van der Waals surface area contributed by atoms with Crippen molar-refractivity contribution >= 4 is 11.6 Å². The first-order valence-corrected chi connectivity index (χ1v) is 5.72. The minimum absolute atomic E-state index is 0.0444. The van der Waals surface area contributed by atoms with E-state index < -0.39 is 0 Å². The minimum atomic E-state index is -0.0980. The van der Waals surface area contributed by atoms with Gasteiger partial charge in [0.1, 0.15) is 0 Å². The molecule has 0 aliphatic rings. The fraction of sp³-hybridized carbons (Fsp3) is 0.500. The van der Waals surface area contributed by atoms with E-state index in [1.165, 1.54) is 10.6 Å². The zero-order valence-electron chi connectivity index (χ0n) is 10.3. The van der Waals surface area contributed by atoms with Crippen LogP contribution < -0.4 is 16.6 Å². The van der Waals surface area contributed by atoms with Crippen LogP contribution in [0.2, 0.25) is 0 Å². The van der Waals surface area contributed by atoms with Crippen LogP contribution in [0.3, 0.4) is 0 Å². The van der Waals surface area contributed by atoms with Gasteiger partial charge in [0.05, 0.1) is 5.69 Å². The number of nitrogens with zero attached hydrogens (tertiary/aromatic N) is 1. The molecule has 0 saturated carbocycles. The van der Waals surface area contributed by atoms with E-state index in [1.807, 2.05) is 6.92 Å². The van der Waals surface area contributed by atoms with Crippen LogP contribution >= 0.6 is 0 Å². The average molecular weight is 237 g/mol. The Bertz CT molecular complexity index is 440. The maximum absolute atomic E-state index is 11.8. The molecule has 1 atom stereocenters. The predicted octanol–water partition coefficient (Wildman–Crippen LogP) is 0.699. The van der Waals surface area contributed by atoms with Crippen molar-refractivity contribution in [3.05, 3.63) is 28.7 Å². The molecule has 0 saturated heterocycles. The van der Waals surface area contributed by atoms with Crippen LogP contribution in [-0.4, -0.2) is 17.0 Å². The molecule has 17 heavy (non-hydrogen) atoms. The van der Waals surface area contributed by atoms with Gasteiger partial charge in [0.15, 0.2) is 0 Å². The minimum Gasteiger partial charge on any atom is -0.330 e. The Kier molecular flexibility index (Phi) is 4.90. The predicted molar refractivity (Wildman–Crippen MR) is 67.8 cm³/mol. The van der Waals surface area contributed by atoms with E-state index in [4.69, 9.17) is 5.73 Å². The van der Waals surface area contributed by atoms with Gasteiger partial charge in [0.2, 0.25) is 11.5 Å². The zero-order chi connectivity index (χ0) is 12.8. The van der Waals surface area contributed by atoms with Crippen LogP contribution in [0.15, 0.2) is 23.1 Å². The Morgan fingerprint density at radius 3 is 2.82 bits per heavy atom. The lowest BCUT2D eigenvalue weighted by atomic mass is 10.0. The van der Waals surface area contributed by atoms with Gasteiger partial charge in [-0.15, -0.1) is 0 Å². The highest BCUT2D eigenvalue weighted by Crippen LogP contribution is 2.09. The third-order valence-electron chi connectivity index (χ3n) is 2.64. The molecule has 1 heterocycles. The van der Waals surface area contributed by atoms with Crippen molar-refractivity contribution in [2.24, 2.45) is 18.7 Å². The molecule has 0 aromatic carbocycles. The molecule has 94 valence electrons. The number of hydrogen-bond donors (Lipinski definition) is 2. The molecule has 0 aliphatic heterocycles. The highest BCUT2D eigenvalue weighted by molar-refractivity contribution is 5.92. The lowest BCUT2D eigenvalue weighted by Gasteiger charge is -2.12. The number of pyridine rings is 1. The molecule has 0 fully saturated rings. The summed E-state index contributed by atoms with van der Waals surface area (Å²) in [4.78, 5) is 22.9. The second-order valence-electron chi connectivity index (χ2n) is 4.19. The Balaban J connectivity index is 2.61. The van der Waals surface area contributed by atoms with Crippen LogP contribution in [0.5, 0.6) is 0 Å². The van der Waals surface area contributed by atoms with E-state index in [9.17, 15) is 9.59 Å². The van der Waals surface area contributed by atoms with Gasteiger partial charge in [0, 0.05) is 25.2 Å². The molecule has 1 unspecified atom stereocenters. The lowest BCUT2D eigenvalue weighted by molar-refractivity contribution is -0.119. The molecule has 0 spiro atoms. The smallest absolute Gasteiger partial charge is 0.250 e. The third-order valence-corrected chi connectivity index (χ3v) is 2.64. The molecule has 5 heteroatoms. The van der Waals surface area contributed by atoms with E-state index in [1.54, 1.807) is 19.3 Å². The summed E-state index contributed by atoms with van der Waals surface area (Å²) in [6.07, 6.45) is 3.21. The van der Waals surface area contributed by atoms with Crippen molar-refractivity contribution in [2.75, 3.05) is 11.9 Å². The monoisotopic (exact) mass is 237 g/mol. The first-order valence-electron chi connectivity index (χ1n) is 5.72. The van der Waals surface area contributed by atoms with E-state index >= 15 is 0 Å². The molecule has 5 nitrogen and oxygen atoms in total. The summed E-state index contributed by atoms with van der Waals surface area (Å²) in [7, 11) is 1.65. The molecule has 1 amide bonds. The van der Waals surface area contributed by atoms with Crippen molar-refractivity contribution in [2.45, 2.75) is 19.8 Å². The molecule has 0 bridgehead atoms. The average Bonchev–Trinajstić information content (AvgIpc) is 2.30.